The molecule has 2 aromatic heterocycles. The first-order valence-corrected chi connectivity index (χ1v) is 6.12. The molecule has 0 amide bonds. The lowest BCUT2D eigenvalue weighted by atomic mass is 10.2. The first-order chi connectivity index (χ1) is 9.63. The summed E-state index contributed by atoms with van der Waals surface area (Å²) in [4.78, 5) is 12.2. The zero-order valence-electron chi connectivity index (χ0n) is 10.8. The first-order valence-electron chi connectivity index (χ1n) is 6.12. The summed E-state index contributed by atoms with van der Waals surface area (Å²) in [6.45, 7) is -0.152. The van der Waals surface area contributed by atoms with E-state index in [1.54, 1.807) is 4.57 Å². The Morgan fingerprint density at radius 1 is 1.55 bits per heavy atom. The van der Waals surface area contributed by atoms with E-state index < -0.39 is 18.4 Å². The summed E-state index contributed by atoms with van der Waals surface area (Å²) in [5, 5.41) is 19.1. The van der Waals surface area contributed by atoms with Gasteiger partial charge in [-0.1, -0.05) is 0 Å². The van der Waals surface area contributed by atoms with Crippen LogP contribution in [0.25, 0.3) is 11.2 Å². The normalized spacial score (nSPS) is 26.2. The fraction of sp³-hybridized carbons (Fsp3) is 0.545. The van der Waals surface area contributed by atoms with Crippen LogP contribution < -0.4 is 10.5 Å². The number of aromatic nitrogens is 4. The zero-order chi connectivity index (χ0) is 14.3. The third-order valence-electron chi connectivity index (χ3n) is 3.24. The minimum atomic E-state index is -0.758. The zero-order valence-corrected chi connectivity index (χ0v) is 10.8. The highest BCUT2D eigenvalue weighted by molar-refractivity contribution is 5.77. The van der Waals surface area contributed by atoms with E-state index >= 15 is 0 Å². The van der Waals surface area contributed by atoms with Gasteiger partial charge in [0.2, 0.25) is 11.8 Å². The van der Waals surface area contributed by atoms with Gasteiger partial charge in [0.15, 0.2) is 17.4 Å². The standard InChI is InChI=1S/C11H15N5O4/c1-19-9-7-8(14-11(12)15-9)16(4-13-7)10-6(18)2-5(3-17)20-10/h4-6,10,17-18H,2-3H2,1H3,(H2,12,14,15)/t5-,6-,10+/m1/s1. The molecule has 0 radical (unpaired) electrons. The van der Waals surface area contributed by atoms with Crippen LogP contribution in [0.2, 0.25) is 0 Å². The minimum Gasteiger partial charge on any atom is -0.479 e. The Morgan fingerprint density at radius 2 is 2.35 bits per heavy atom. The largest absolute Gasteiger partial charge is 0.479 e. The topological polar surface area (TPSA) is 129 Å². The van der Waals surface area contributed by atoms with Gasteiger partial charge < -0.3 is 25.4 Å². The van der Waals surface area contributed by atoms with Gasteiger partial charge in [-0.25, -0.2) is 4.98 Å². The second-order valence-corrected chi connectivity index (χ2v) is 4.55. The Labute approximate surface area is 114 Å². The highest BCUT2D eigenvalue weighted by Gasteiger charge is 2.36. The summed E-state index contributed by atoms with van der Waals surface area (Å²) in [5.74, 6) is 0.305. The monoisotopic (exact) mass is 281 g/mol. The maximum absolute atomic E-state index is 10.0. The molecule has 0 aliphatic carbocycles. The number of anilines is 1. The van der Waals surface area contributed by atoms with Crippen LogP contribution in [0.15, 0.2) is 6.33 Å². The fourth-order valence-corrected chi connectivity index (χ4v) is 2.33. The van der Waals surface area contributed by atoms with Crippen molar-refractivity contribution in [1.82, 2.24) is 19.5 Å². The van der Waals surface area contributed by atoms with Gasteiger partial charge in [-0.15, -0.1) is 0 Å². The number of ether oxygens (including phenoxy) is 2. The maximum atomic E-state index is 10.0. The van der Waals surface area contributed by atoms with Crippen LogP contribution in [0.5, 0.6) is 5.88 Å². The molecule has 2 aromatic rings. The van der Waals surface area contributed by atoms with Crippen molar-refractivity contribution >= 4 is 17.1 Å². The van der Waals surface area contributed by atoms with Crippen molar-refractivity contribution in [2.45, 2.75) is 24.9 Å². The van der Waals surface area contributed by atoms with E-state index in [2.05, 4.69) is 15.0 Å². The minimum absolute atomic E-state index is 0.0438. The van der Waals surface area contributed by atoms with E-state index in [9.17, 15) is 5.11 Å². The van der Waals surface area contributed by atoms with E-state index in [-0.39, 0.29) is 18.4 Å². The molecule has 0 saturated carbocycles. The Balaban J connectivity index is 2.07. The van der Waals surface area contributed by atoms with E-state index in [1.165, 1.54) is 13.4 Å². The van der Waals surface area contributed by atoms with Gasteiger partial charge in [-0.2, -0.15) is 9.97 Å². The van der Waals surface area contributed by atoms with Gasteiger partial charge in [0, 0.05) is 6.42 Å². The summed E-state index contributed by atoms with van der Waals surface area (Å²) in [6.07, 6.45) is -0.00977. The molecular formula is C11H15N5O4. The molecule has 0 aromatic carbocycles. The summed E-state index contributed by atoms with van der Waals surface area (Å²) < 4.78 is 12.2. The molecule has 3 rings (SSSR count). The molecule has 9 nitrogen and oxygen atoms in total. The molecule has 108 valence electrons. The van der Waals surface area contributed by atoms with Gasteiger partial charge in [-0.05, 0) is 0 Å². The number of aliphatic hydroxyl groups is 2. The van der Waals surface area contributed by atoms with Gasteiger partial charge in [-0.3, -0.25) is 4.57 Å². The van der Waals surface area contributed by atoms with Crippen molar-refractivity contribution in [3.05, 3.63) is 6.33 Å². The molecule has 1 saturated heterocycles. The van der Waals surface area contributed by atoms with Crippen LogP contribution >= 0.6 is 0 Å². The van der Waals surface area contributed by atoms with Crippen LogP contribution in [0.4, 0.5) is 5.95 Å². The van der Waals surface area contributed by atoms with Crippen molar-refractivity contribution in [1.29, 1.82) is 0 Å². The number of aliphatic hydroxyl groups excluding tert-OH is 2. The van der Waals surface area contributed by atoms with Crippen LogP contribution in [-0.4, -0.2) is 55.7 Å². The van der Waals surface area contributed by atoms with E-state index in [0.717, 1.165) is 0 Å². The average molecular weight is 281 g/mol. The lowest BCUT2D eigenvalue weighted by Crippen LogP contribution is -2.19. The molecule has 0 spiro atoms. The molecule has 1 aliphatic heterocycles. The van der Waals surface area contributed by atoms with Crippen LogP contribution in [0.1, 0.15) is 12.6 Å². The number of nitrogen functional groups attached to an aromatic ring is 1. The Morgan fingerprint density at radius 3 is 3.00 bits per heavy atom. The predicted octanol–water partition coefficient (Wildman–Crippen LogP) is -0.942. The van der Waals surface area contributed by atoms with Gasteiger partial charge in [0.1, 0.15) is 6.10 Å². The first kappa shape index (κ1) is 13.0. The van der Waals surface area contributed by atoms with Crippen LogP contribution in [0, 0.1) is 0 Å². The van der Waals surface area contributed by atoms with Crippen molar-refractivity contribution in [2.75, 3.05) is 19.5 Å². The number of hydrogen-bond acceptors (Lipinski definition) is 8. The van der Waals surface area contributed by atoms with Gasteiger partial charge in [0.25, 0.3) is 0 Å². The Bertz CT molecular complexity index is 631. The molecular weight excluding hydrogens is 266 g/mol. The molecule has 3 heterocycles. The predicted molar refractivity (Wildman–Crippen MR) is 67.9 cm³/mol. The molecule has 1 fully saturated rings. The average Bonchev–Trinajstić information content (AvgIpc) is 3.00. The van der Waals surface area contributed by atoms with Gasteiger partial charge in [0.05, 0.1) is 26.1 Å². The summed E-state index contributed by atoms with van der Waals surface area (Å²) >= 11 is 0. The summed E-state index contributed by atoms with van der Waals surface area (Å²) in [5.41, 5.74) is 6.48. The lowest BCUT2D eigenvalue weighted by molar-refractivity contribution is -0.0486. The van der Waals surface area contributed by atoms with Crippen molar-refractivity contribution < 1.29 is 19.7 Å². The smallest absolute Gasteiger partial charge is 0.246 e. The third kappa shape index (κ3) is 1.96. The molecule has 9 heteroatoms. The third-order valence-corrected chi connectivity index (χ3v) is 3.24. The molecule has 20 heavy (non-hydrogen) atoms. The summed E-state index contributed by atoms with van der Waals surface area (Å²) in [6, 6.07) is 0. The van der Waals surface area contributed by atoms with Crippen molar-refractivity contribution in [2.24, 2.45) is 0 Å². The molecule has 0 unspecified atom stereocenters. The molecule has 0 bridgehead atoms. The summed E-state index contributed by atoms with van der Waals surface area (Å²) in [7, 11) is 1.46. The Hall–Kier alpha value is -1.97. The highest BCUT2D eigenvalue weighted by Crippen LogP contribution is 2.32. The fourth-order valence-electron chi connectivity index (χ4n) is 2.33. The number of imidazole rings is 1. The quantitative estimate of drug-likeness (QED) is 0.657. The SMILES string of the molecule is COc1nc(N)nc2c1ncn2[C@H]1O[C@@H](CO)C[C@H]1O. The van der Waals surface area contributed by atoms with Gasteiger partial charge >= 0.3 is 0 Å². The number of hydrogen-bond donors (Lipinski definition) is 3. The maximum Gasteiger partial charge on any atom is 0.246 e. The van der Waals surface area contributed by atoms with Crippen LogP contribution in [-0.2, 0) is 4.74 Å². The molecule has 4 N–H and O–H groups in total. The highest BCUT2D eigenvalue weighted by atomic mass is 16.5. The molecule has 3 atom stereocenters. The Kier molecular flexibility index (Phi) is 3.16. The second-order valence-electron chi connectivity index (χ2n) is 4.55. The number of nitrogens with two attached hydrogens (primary N) is 1. The van der Waals surface area contributed by atoms with Crippen LogP contribution in [0.3, 0.4) is 0 Å². The number of nitrogens with zero attached hydrogens (tertiary/aromatic N) is 4. The number of rotatable bonds is 3. The van der Waals surface area contributed by atoms with E-state index in [0.29, 0.717) is 17.6 Å². The number of fused-ring (bicyclic) bond motifs is 1. The van der Waals surface area contributed by atoms with E-state index in [1.807, 2.05) is 0 Å². The van der Waals surface area contributed by atoms with E-state index in [4.69, 9.17) is 20.3 Å². The lowest BCUT2D eigenvalue weighted by Gasteiger charge is -2.16. The molecule has 1 aliphatic rings. The number of methoxy groups -OCH3 is 1. The van der Waals surface area contributed by atoms with Crippen molar-refractivity contribution in [3.8, 4) is 5.88 Å². The second kappa shape index (κ2) is 4.85. The van der Waals surface area contributed by atoms with Crippen molar-refractivity contribution in [3.63, 3.8) is 0 Å².